The van der Waals surface area contributed by atoms with Gasteiger partial charge in [0.15, 0.2) is 10.6 Å². The zero-order valence-corrected chi connectivity index (χ0v) is 15.4. The van der Waals surface area contributed by atoms with Crippen molar-refractivity contribution in [2.75, 3.05) is 7.11 Å². The van der Waals surface area contributed by atoms with Crippen molar-refractivity contribution in [2.45, 2.75) is 12.7 Å². The first kappa shape index (κ1) is 19.6. The number of ether oxygens (including phenoxy) is 1. The average Bonchev–Trinajstić information content (AvgIpc) is 3.05. The maximum atomic E-state index is 13.1. The van der Waals surface area contributed by atoms with Crippen LogP contribution in [0.15, 0.2) is 48.5 Å². The van der Waals surface area contributed by atoms with Crippen molar-refractivity contribution in [1.82, 2.24) is 20.1 Å². The van der Waals surface area contributed by atoms with Gasteiger partial charge in [0.25, 0.3) is 5.91 Å². The van der Waals surface area contributed by atoms with Crippen LogP contribution in [0.25, 0.3) is 5.69 Å². The number of halogens is 3. The molecule has 10 heteroatoms. The van der Waals surface area contributed by atoms with Crippen molar-refractivity contribution < 1.29 is 22.7 Å². The molecule has 3 rings (SSSR count). The van der Waals surface area contributed by atoms with Crippen LogP contribution in [0, 0.1) is 4.77 Å². The number of carbonyl (C=O) groups excluding carboxylic acids is 1. The van der Waals surface area contributed by atoms with Gasteiger partial charge in [-0.2, -0.15) is 18.3 Å². The molecule has 0 spiro atoms. The van der Waals surface area contributed by atoms with Crippen LogP contribution in [-0.4, -0.2) is 27.8 Å². The van der Waals surface area contributed by atoms with Crippen LogP contribution in [0.1, 0.15) is 21.7 Å². The van der Waals surface area contributed by atoms with Gasteiger partial charge in [-0.05, 0) is 36.5 Å². The second kappa shape index (κ2) is 7.85. The predicted molar refractivity (Wildman–Crippen MR) is 97.9 cm³/mol. The number of aromatic amines is 1. The Morgan fingerprint density at radius 3 is 2.61 bits per heavy atom. The van der Waals surface area contributed by atoms with Crippen LogP contribution in [0.5, 0.6) is 5.75 Å². The Hall–Kier alpha value is -3.14. The quantitative estimate of drug-likeness (QED) is 0.629. The second-order valence-electron chi connectivity index (χ2n) is 5.68. The number of hydrogen-bond acceptors (Lipinski definition) is 4. The topological polar surface area (TPSA) is 71.9 Å². The molecule has 0 aliphatic carbocycles. The third kappa shape index (κ3) is 3.91. The summed E-state index contributed by atoms with van der Waals surface area (Å²) in [5.74, 6) is -0.0317. The Morgan fingerprint density at radius 2 is 1.89 bits per heavy atom. The Morgan fingerprint density at radius 1 is 1.21 bits per heavy atom. The van der Waals surface area contributed by atoms with Gasteiger partial charge >= 0.3 is 6.18 Å². The largest absolute Gasteiger partial charge is 0.495 e. The Bertz CT molecular complexity index is 1060. The number of aromatic nitrogens is 3. The molecule has 0 bridgehead atoms. The highest BCUT2D eigenvalue weighted by Gasteiger charge is 2.34. The summed E-state index contributed by atoms with van der Waals surface area (Å²) in [6.07, 6.45) is -4.63. The summed E-state index contributed by atoms with van der Waals surface area (Å²) < 4.78 is 46.5. The molecule has 0 fully saturated rings. The van der Waals surface area contributed by atoms with Crippen LogP contribution in [0.2, 0.25) is 0 Å². The van der Waals surface area contributed by atoms with Gasteiger partial charge in [0.05, 0.1) is 30.5 Å². The molecule has 2 N–H and O–H groups in total. The molecular formula is C18H15F3N4O2S. The van der Waals surface area contributed by atoms with Gasteiger partial charge < -0.3 is 10.1 Å². The minimum absolute atomic E-state index is 0.143. The third-order valence-corrected chi connectivity index (χ3v) is 4.23. The fourth-order valence-corrected chi connectivity index (χ4v) is 2.94. The number of hydrogen-bond donors (Lipinski definition) is 2. The lowest BCUT2D eigenvalue weighted by atomic mass is 10.1. The molecule has 6 nitrogen and oxygen atoms in total. The molecule has 0 aliphatic heterocycles. The highest BCUT2D eigenvalue weighted by molar-refractivity contribution is 7.71. The molecule has 1 aromatic heterocycles. The number of amides is 1. The molecule has 146 valence electrons. The van der Waals surface area contributed by atoms with Crippen molar-refractivity contribution in [3.63, 3.8) is 0 Å². The molecule has 0 aliphatic rings. The molecule has 3 aromatic rings. The number of carbonyl (C=O) groups is 1. The summed E-state index contributed by atoms with van der Waals surface area (Å²) >= 11 is 5.23. The van der Waals surface area contributed by atoms with Gasteiger partial charge in [0.1, 0.15) is 5.75 Å². The molecule has 1 amide bonds. The molecular weight excluding hydrogens is 393 g/mol. The molecule has 0 unspecified atom stereocenters. The fraction of sp³-hybridized carbons (Fsp3) is 0.167. The van der Waals surface area contributed by atoms with E-state index in [1.807, 2.05) is 0 Å². The minimum atomic E-state index is -4.63. The first-order chi connectivity index (χ1) is 13.3. The van der Waals surface area contributed by atoms with Crippen LogP contribution < -0.4 is 10.1 Å². The van der Waals surface area contributed by atoms with E-state index in [1.165, 1.54) is 19.2 Å². The molecule has 1 heterocycles. The molecule has 28 heavy (non-hydrogen) atoms. The van der Waals surface area contributed by atoms with E-state index >= 15 is 0 Å². The summed E-state index contributed by atoms with van der Waals surface area (Å²) in [5, 5.41) is 9.13. The zero-order valence-electron chi connectivity index (χ0n) is 14.6. The van der Waals surface area contributed by atoms with E-state index in [4.69, 9.17) is 17.0 Å². The number of nitrogens with zero attached hydrogens (tertiary/aromatic N) is 2. The molecule has 0 radical (unpaired) electrons. The number of rotatable bonds is 5. The molecule has 0 atom stereocenters. The lowest BCUT2D eigenvalue weighted by Gasteiger charge is -2.14. The first-order valence-corrected chi connectivity index (χ1v) is 8.48. The van der Waals surface area contributed by atoms with E-state index in [9.17, 15) is 18.0 Å². The van der Waals surface area contributed by atoms with Gasteiger partial charge in [-0.15, -0.1) is 0 Å². The number of methoxy groups -OCH3 is 1. The van der Waals surface area contributed by atoms with Crippen molar-refractivity contribution in [3.05, 3.63) is 70.3 Å². The van der Waals surface area contributed by atoms with Crippen LogP contribution in [-0.2, 0) is 12.7 Å². The van der Waals surface area contributed by atoms with Crippen molar-refractivity contribution in [1.29, 1.82) is 0 Å². The summed E-state index contributed by atoms with van der Waals surface area (Å²) in [6, 6.07) is 11.6. The van der Waals surface area contributed by atoms with Crippen LogP contribution >= 0.6 is 12.2 Å². The molecule has 0 saturated carbocycles. The van der Waals surface area contributed by atoms with E-state index in [1.54, 1.807) is 28.8 Å². The lowest BCUT2D eigenvalue weighted by Crippen LogP contribution is -2.27. The summed E-state index contributed by atoms with van der Waals surface area (Å²) in [5.41, 5.74) is -0.882. The Kier molecular flexibility index (Phi) is 5.50. The van der Waals surface area contributed by atoms with E-state index < -0.39 is 23.2 Å². The smallest absolute Gasteiger partial charge is 0.417 e. The highest BCUT2D eigenvalue weighted by atomic mass is 32.1. The first-order valence-electron chi connectivity index (χ1n) is 8.07. The van der Waals surface area contributed by atoms with E-state index in [-0.39, 0.29) is 11.3 Å². The number of para-hydroxylation sites is 2. The van der Waals surface area contributed by atoms with Crippen LogP contribution in [0.3, 0.4) is 0 Å². The van der Waals surface area contributed by atoms with Gasteiger partial charge in [-0.3, -0.25) is 14.5 Å². The maximum absolute atomic E-state index is 13.1. The fourth-order valence-electron chi connectivity index (χ4n) is 2.69. The number of alkyl halides is 3. The normalized spacial score (nSPS) is 11.3. The Labute approximate surface area is 163 Å². The van der Waals surface area contributed by atoms with Crippen molar-refractivity contribution in [2.24, 2.45) is 0 Å². The van der Waals surface area contributed by atoms with E-state index in [0.717, 1.165) is 12.1 Å². The number of H-pyrrole nitrogens is 1. The zero-order chi connectivity index (χ0) is 20.3. The standard InChI is InChI=1S/C18H15F3N4O2S/c1-27-14-9-5-4-8-13(14)25-15(23-24-17(25)28)10-22-16(26)11-6-2-3-7-12(11)18(19,20)21/h2-9H,10H2,1H3,(H,22,26)(H,24,28). The average molecular weight is 408 g/mol. The highest BCUT2D eigenvalue weighted by Crippen LogP contribution is 2.31. The van der Waals surface area contributed by atoms with Gasteiger partial charge in [0.2, 0.25) is 0 Å². The van der Waals surface area contributed by atoms with Crippen molar-refractivity contribution >= 4 is 18.1 Å². The van der Waals surface area contributed by atoms with Crippen molar-refractivity contribution in [3.8, 4) is 11.4 Å². The minimum Gasteiger partial charge on any atom is -0.495 e. The van der Waals surface area contributed by atoms with Crippen LogP contribution in [0.4, 0.5) is 13.2 Å². The summed E-state index contributed by atoms with van der Waals surface area (Å²) in [7, 11) is 1.50. The SMILES string of the molecule is COc1ccccc1-n1c(CNC(=O)c2ccccc2C(F)(F)F)n[nH]c1=S. The van der Waals surface area contributed by atoms with Gasteiger partial charge in [0, 0.05) is 0 Å². The van der Waals surface area contributed by atoms with E-state index in [2.05, 4.69) is 15.5 Å². The third-order valence-electron chi connectivity index (χ3n) is 3.95. The number of benzene rings is 2. The van der Waals surface area contributed by atoms with E-state index in [0.29, 0.717) is 17.3 Å². The maximum Gasteiger partial charge on any atom is 0.417 e. The monoisotopic (exact) mass is 408 g/mol. The predicted octanol–water partition coefficient (Wildman–Crippen LogP) is 3.89. The van der Waals surface area contributed by atoms with Gasteiger partial charge in [-0.1, -0.05) is 24.3 Å². The van der Waals surface area contributed by atoms with Gasteiger partial charge in [-0.25, -0.2) is 0 Å². The Balaban J connectivity index is 1.88. The molecule has 0 saturated heterocycles. The lowest BCUT2D eigenvalue weighted by molar-refractivity contribution is -0.137. The summed E-state index contributed by atoms with van der Waals surface area (Å²) in [4.78, 5) is 12.4. The molecule has 2 aromatic carbocycles. The second-order valence-corrected chi connectivity index (χ2v) is 6.06. The number of nitrogens with one attached hydrogen (secondary N) is 2. The summed E-state index contributed by atoms with van der Waals surface area (Å²) in [6.45, 7) is -0.143.